The summed E-state index contributed by atoms with van der Waals surface area (Å²) in [4.78, 5) is 11.1. The van der Waals surface area contributed by atoms with Gasteiger partial charge in [-0.05, 0) is 33.6 Å². The first-order valence-electron chi connectivity index (χ1n) is 5.81. The summed E-state index contributed by atoms with van der Waals surface area (Å²) in [6.45, 7) is 9.15. The first-order chi connectivity index (χ1) is 7.62. The van der Waals surface area contributed by atoms with Crippen molar-refractivity contribution < 1.29 is 19.7 Å². The van der Waals surface area contributed by atoms with Crippen LogP contribution in [0.5, 0.6) is 0 Å². The second-order valence-corrected chi connectivity index (χ2v) is 5.24. The molecule has 0 rings (SSSR count). The molecule has 0 aliphatic carbocycles. The fourth-order valence-electron chi connectivity index (χ4n) is 0.732. The molecule has 0 unspecified atom stereocenters. The van der Waals surface area contributed by atoms with E-state index in [0.717, 1.165) is 0 Å². The number of esters is 1. The van der Waals surface area contributed by atoms with Gasteiger partial charge < -0.3 is 20.7 Å². The molecule has 0 radical (unpaired) electrons. The van der Waals surface area contributed by atoms with Gasteiger partial charge in [0.1, 0.15) is 5.60 Å². The number of hydrogen-bond acceptors (Lipinski definition) is 5. The van der Waals surface area contributed by atoms with E-state index < -0.39 is 5.60 Å². The van der Waals surface area contributed by atoms with Crippen LogP contribution in [0.4, 0.5) is 0 Å². The maximum atomic E-state index is 11.1. The molecule has 17 heavy (non-hydrogen) atoms. The van der Waals surface area contributed by atoms with Crippen LogP contribution < -0.4 is 5.73 Å². The maximum absolute atomic E-state index is 11.1. The lowest BCUT2D eigenvalue weighted by atomic mass is 10.1. The van der Waals surface area contributed by atoms with Crippen molar-refractivity contribution in [3.8, 4) is 0 Å². The molecule has 0 heterocycles. The lowest BCUT2D eigenvalue weighted by Gasteiger charge is -2.20. The third-order valence-electron chi connectivity index (χ3n) is 1.53. The SMILES string of the molecule is C[C@@H](CO)CC(=O)OC(C)(C)C.C[C@H](N)CO. The lowest BCUT2D eigenvalue weighted by molar-refractivity contribution is -0.156. The lowest BCUT2D eigenvalue weighted by Crippen LogP contribution is -2.25. The molecule has 0 aliphatic heterocycles. The van der Waals surface area contributed by atoms with E-state index in [4.69, 9.17) is 20.7 Å². The molecule has 0 aromatic heterocycles. The van der Waals surface area contributed by atoms with Gasteiger partial charge in [-0.3, -0.25) is 4.79 Å². The van der Waals surface area contributed by atoms with Crippen molar-refractivity contribution in [1.82, 2.24) is 0 Å². The number of aliphatic hydroxyl groups is 2. The number of rotatable bonds is 4. The summed E-state index contributed by atoms with van der Waals surface area (Å²) >= 11 is 0. The Labute approximate surface area is 104 Å². The van der Waals surface area contributed by atoms with Crippen LogP contribution in [0.1, 0.15) is 41.0 Å². The number of aliphatic hydroxyl groups excluding tert-OH is 2. The van der Waals surface area contributed by atoms with Crippen molar-refractivity contribution in [2.45, 2.75) is 52.7 Å². The minimum Gasteiger partial charge on any atom is -0.460 e. The van der Waals surface area contributed by atoms with Crippen LogP contribution in [0.25, 0.3) is 0 Å². The van der Waals surface area contributed by atoms with Crippen LogP contribution in [0.15, 0.2) is 0 Å². The van der Waals surface area contributed by atoms with Gasteiger partial charge in [0.15, 0.2) is 0 Å². The van der Waals surface area contributed by atoms with Crippen molar-refractivity contribution >= 4 is 5.97 Å². The van der Waals surface area contributed by atoms with Crippen LogP contribution in [0.3, 0.4) is 0 Å². The second-order valence-electron chi connectivity index (χ2n) is 5.24. The molecule has 5 heteroatoms. The van der Waals surface area contributed by atoms with Crippen molar-refractivity contribution in [2.24, 2.45) is 11.7 Å². The zero-order valence-electron chi connectivity index (χ0n) is 11.6. The number of carbonyl (C=O) groups excluding carboxylic acids is 1. The summed E-state index contributed by atoms with van der Waals surface area (Å²) in [7, 11) is 0. The Kier molecular flexibility index (Phi) is 10.3. The summed E-state index contributed by atoms with van der Waals surface area (Å²) in [5.74, 6) is -0.260. The zero-order valence-corrected chi connectivity index (χ0v) is 11.6. The molecular formula is C12H27NO4. The van der Waals surface area contributed by atoms with Crippen LogP contribution in [-0.4, -0.2) is 41.0 Å². The third-order valence-corrected chi connectivity index (χ3v) is 1.53. The molecule has 0 saturated carbocycles. The first kappa shape index (κ1) is 18.7. The Balaban J connectivity index is 0. The minimum atomic E-state index is -0.424. The average molecular weight is 249 g/mol. The quantitative estimate of drug-likeness (QED) is 0.637. The highest BCUT2D eigenvalue weighted by Crippen LogP contribution is 2.10. The zero-order chi connectivity index (χ0) is 14.1. The van der Waals surface area contributed by atoms with Gasteiger partial charge in [-0.15, -0.1) is 0 Å². The number of ether oxygens (including phenoxy) is 1. The van der Waals surface area contributed by atoms with E-state index in [2.05, 4.69) is 0 Å². The Morgan fingerprint density at radius 3 is 1.88 bits per heavy atom. The highest BCUT2D eigenvalue weighted by molar-refractivity contribution is 5.70. The third kappa shape index (κ3) is 17.9. The summed E-state index contributed by atoms with van der Waals surface area (Å²) in [6, 6.07) is -0.0602. The first-order valence-corrected chi connectivity index (χ1v) is 5.81. The van der Waals surface area contributed by atoms with E-state index in [1.54, 1.807) is 6.92 Å². The van der Waals surface area contributed by atoms with Crippen molar-refractivity contribution in [1.29, 1.82) is 0 Å². The highest BCUT2D eigenvalue weighted by Gasteiger charge is 2.17. The molecule has 2 atom stereocenters. The normalized spacial score (nSPS) is 14.4. The van der Waals surface area contributed by atoms with Crippen molar-refractivity contribution in [2.75, 3.05) is 13.2 Å². The molecule has 0 bridgehead atoms. The van der Waals surface area contributed by atoms with Gasteiger partial charge in [-0.25, -0.2) is 0 Å². The van der Waals surface area contributed by atoms with Gasteiger partial charge in [0.25, 0.3) is 0 Å². The van der Waals surface area contributed by atoms with Gasteiger partial charge in [0.05, 0.1) is 13.0 Å². The van der Waals surface area contributed by atoms with Gasteiger partial charge in [-0.2, -0.15) is 0 Å². The van der Waals surface area contributed by atoms with E-state index in [1.807, 2.05) is 27.7 Å². The Hall–Kier alpha value is -0.650. The fourth-order valence-corrected chi connectivity index (χ4v) is 0.732. The molecule has 0 spiro atoms. The van der Waals surface area contributed by atoms with Crippen LogP contribution in [0.2, 0.25) is 0 Å². The van der Waals surface area contributed by atoms with E-state index >= 15 is 0 Å². The predicted octanol–water partition coefficient (Wildman–Crippen LogP) is 0.672. The van der Waals surface area contributed by atoms with Crippen LogP contribution in [0, 0.1) is 5.92 Å². The molecule has 5 nitrogen and oxygen atoms in total. The van der Waals surface area contributed by atoms with E-state index in [-0.39, 0.29) is 37.6 Å². The smallest absolute Gasteiger partial charge is 0.306 e. The van der Waals surface area contributed by atoms with Crippen LogP contribution in [-0.2, 0) is 9.53 Å². The van der Waals surface area contributed by atoms with Crippen molar-refractivity contribution in [3.05, 3.63) is 0 Å². The molecule has 4 N–H and O–H groups in total. The summed E-state index contributed by atoms with van der Waals surface area (Å²) in [5, 5.41) is 16.7. The van der Waals surface area contributed by atoms with Gasteiger partial charge >= 0.3 is 5.97 Å². The molecule has 0 fully saturated rings. The highest BCUT2D eigenvalue weighted by atomic mass is 16.6. The Morgan fingerprint density at radius 2 is 1.65 bits per heavy atom. The molecule has 0 saturated heterocycles. The number of hydrogen-bond donors (Lipinski definition) is 3. The van der Waals surface area contributed by atoms with Gasteiger partial charge in [-0.1, -0.05) is 6.92 Å². The maximum Gasteiger partial charge on any atom is 0.306 e. The Morgan fingerprint density at radius 1 is 1.24 bits per heavy atom. The van der Waals surface area contributed by atoms with Crippen molar-refractivity contribution in [3.63, 3.8) is 0 Å². The standard InChI is InChI=1S/C9H18O3.C3H9NO/c1-7(6-10)5-8(11)12-9(2,3)4;1-3(4)2-5/h7,10H,5-6H2,1-4H3;3,5H,2,4H2,1H3/t7-;3-/m10/s1. The molecule has 0 amide bonds. The largest absolute Gasteiger partial charge is 0.460 e. The number of carbonyl (C=O) groups is 1. The summed E-state index contributed by atoms with van der Waals surface area (Å²) in [5.41, 5.74) is 4.62. The Bertz CT molecular complexity index is 199. The molecule has 0 aromatic carbocycles. The van der Waals surface area contributed by atoms with E-state index in [1.165, 1.54) is 0 Å². The molecule has 0 aromatic rings. The van der Waals surface area contributed by atoms with E-state index in [0.29, 0.717) is 0 Å². The average Bonchev–Trinajstić information content (AvgIpc) is 2.15. The van der Waals surface area contributed by atoms with Gasteiger partial charge in [0.2, 0.25) is 0 Å². The predicted molar refractivity (Wildman–Crippen MR) is 67.4 cm³/mol. The number of nitrogens with two attached hydrogens (primary N) is 1. The van der Waals surface area contributed by atoms with Gasteiger partial charge in [0, 0.05) is 12.6 Å². The molecule has 104 valence electrons. The summed E-state index contributed by atoms with van der Waals surface area (Å²) < 4.78 is 5.06. The fraction of sp³-hybridized carbons (Fsp3) is 0.917. The monoisotopic (exact) mass is 249 g/mol. The van der Waals surface area contributed by atoms with Crippen LogP contribution >= 0.6 is 0 Å². The molecular weight excluding hydrogens is 222 g/mol. The summed E-state index contributed by atoms with van der Waals surface area (Å²) in [6.07, 6.45) is 0.285. The minimum absolute atomic E-state index is 0.0140. The topological polar surface area (TPSA) is 92.8 Å². The second kappa shape index (κ2) is 9.39. The molecule has 0 aliphatic rings. The van der Waals surface area contributed by atoms with E-state index in [9.17, 15) is 4.79 Å².